The Bertz CT molecular complexity index is 1050. The Morgan fingerprint density at radius 1 is 1.19 bits per heavy atom. The minimum Gasteiger partial charge on any atom is -0.507 e. The molecule has 7 nitrogen and oxygen atoms in total. The summed E-state index contributed by atoms with van der Waals surface area (Å²) in [5, 5.41) is 20.9. The van der Waals surface area contributed by atoms with E-state index in [1.165, 1.54) is 24.1 Å². The Labute approximate surface area is 185 Å². The molecule has 1 amide bonds. The van der Waals surface area contributed by atoms with Gasteiger partial charge in [0.15, 0.2) is 0 Å². The quantitative estimate of drug-likeness (QED) is 0.382. The summed E-state index contributed by atoms with van der Waals surface area (Å²) in [5.41, 5.74) is 1.61. The van der Waals surface area contributed by atoms with Crippen LogP contribution >= 0.6 is 11.6 Å². The van der Waals surface area contributed by atoms with E-state index in [1.54, 1.807) is 24.3 Å². The van der Waals surface area contributed by atoms with Gasteiger partial charge in [0.25, 0.3) is 11.7 Å². The first-order valence-electron chi connectivity index (χ1n) is 9.79. The van der Waals surface area contributed by atoms with Crippen LogP contribution in [0.3, 0.4) is 0 Å². The Morgan fingerprint density at radius 2 is 1.94 bits per heavy atom. The molecule has 31 heavy (non-hydrogen) atoms. The first kappa shape index (κ1) is 22.7. The molecule has 1 saturated heterocycles. The van der Waals surface area contributed by atoms with Crippen molar-refractivity contribution in [1.82, 2.24) is 4.90 Å². The number of methoxy groups -OCH3 is 1. The Kier molecular flexibility index (Phi) is 6.87. The molecule has 0 saturated carbocycles. The van der Waals surface area contributed by atoms with E-state index in [1.807, 2.05) is 13.8 Å². The van der Waals surface area contributed by atoms with Crippen LogP contribution in [0.15, 0.2) is 42.0 Å². The summed E-state index contributed by atoms with van der Waals surface area (Å²) < 4.78 is 10.6. The molecule has 1 aliphatic heterocycles. The van der Waals surface area contributed by atoms with Gasteiger partial charge in [-0.1, -0.05) is 17.7 Å². The second-order valence-electron chi connectivity index (χ2n) is 7.11. The van der Waals surface area contributed by atoms with E-state index in [2.05, 4.69) is 0 Å². The highest BCUT2D eigenvalue weighted by molar-refractivity contribution is 6.46. The maximum atomic E-state index is 12.9. The van der Waals surface area contributed by atoms with Crippen molar-refractivity contribution in [2.75, 3.05) is 26.9 Å². The third-order valence-electron chi connectivity index (χ3n) is 5.11. The van der Waals surface area contributed by atoms with Crippen LogP contribution in [0.5, 0.6) is 11.5 Å². The maximum absolute atomic E-state index is 12.9. The van der Waals surface area contributed by atoms with Crippen molar-refractivity contribution in [2.24, 2.45) is 0 Å². The van der Waals surface area contributed by atoms with Gasteiger partial charge in [0.05, 0.1) is 29.9 Å². The third-order valence-corrected chi connectivity index (χ3v) is 5.41. The Balaban J connectivity index is 2.16. The van der Waals surface area contributed by atoms with Crippen LogP contribution in [-0.4, -0.2) is 53.7 Å². The van der Waals surface area contributed by atoms with Crippen LogP contribution < -0.4 is 4.74 Å². The molecule has 1 fully saturated rings. The number of Topliss-reactive ketones (excluding diaryl/α,β-unsaturated/α-hetero) is 1. The van der Waals surface area contributed by atoms with Crippen LogP contribution in [0.4, 0.5) is 0 Å². The highest BCUT2D eigenvalue weighted by atomic mass is 35.5. The number of phenols is 1. The zero-order chi connectivity index (χ0) is 22.7. The van der Waals surface area contributed by atoms with Crippen molar-refractivity contribution < 1.29 is 29.3 Å². The summed E-state index contributed by atoms with van der Waals surface area (Å²) in [6.45, 7) is 4.55. The zero-order valence-corrected chi connectivity index (χ0v) is 18.3. The van der Waals surface area contributed by atoms with Gasteiger partial charge in [0, 0.05) is 19.2 Å². The van der Waals surface area contributed by atoms with Gasteiger partial charge >= 0.3 is 0 Å². The molecule has 0 aromatic heterocycles. The first-order valence-corrected chi connectivity index (χ1v) is 10.2. The number of phenolic OH excluding ortho intramolecular Hbond substituents is 1. The fourth-order valence-electron chi connectivity index (χ4n) is 3.61. The van der Waals surface area contributed by atoms with Gasteiger partial charge in [-0.15, -0.1) is 0 Å². The van der Waals surface area contributed by atoms with Crippen LogP contribution in [0.2, 0.25) is 5.02 Å². The molecule has 2 aromatic carbocycles. The van der Waals surface area contributed by atoms with E-state index in [4.69, 9.17) is 21.1 Å². The third kappa shape index (κ3) is 4.38. The van der Waals surface area contributed by atoms with E-state index in [0.29, 0.717) is 23.5 Å². The number of aromatic hydroxyl groups is 1. The monoisotopic (exact) mass is 445 g/mol. The molecule has 2 aromatic rings. The topological polar surface area (TPSA) is 96.3 Å². The number of aliphatic hydroxyl groups excluding tert-OH is 1. The van der Waals surface area contributed by atoms with Crippen LogP contribution in [-0.2, 0) is 14.3 Å². The minimum absolute atomic E-state index is 0.0496. The zero-order valence-electron chi connectivity index (χ0n) is 17.5. The molecule has 0 radical (unpaired) electrons. The van der Waals surface area contributed by atoms with Crippen LogP contribution in [0, 0.1) is 6.92 Å². The summed E-state index contributed by atoms with van der Waals surface area (Å²) in [5.74, 6) is -1.29. The number of carbonyl (C=O) groups is 2. The Morgan fingerprint density at radius 3 is 2.55 bits per heavy atom. The van der Waals surface area contributed by atoms with E-state index < -0.39 is 17.7 Å². The summed E-state index contributed by atoms with van der Waals surface area (Å²) in [4.78, 5) is 27.0. The second kappa shape index (κ2) is 9.41. The van der Waals surface area contributed by atoms with Crippen molar-refractivity contribution in [3.63, 3.8) is 0 Å². The number of carbonyl (C=O) groups excluding carboxylic acids is 2. The molecule has 8 heteroatoms. The SMILES string of the molecule is CCOc1ccc(/C(O)=C2/C(=O)C(=O)N(CCOC)C2c2ccc(O)c(Cl)c2)cc1C. The number of rotatable bonds is 7. The normalized spacial score (nSPS) is 17.9. The molecule has 1 atom stereocenters. The van der Waals surface area contributed by atoms with Crippen molar-refractivity contribution in [1.29, 1.82) is 0 Å². The number of ketones is 1. The molecular weight excluding hydrogens is 422 g/mol. The van der Waals surface area contributed by atoms with Gasteiger partial charge < -0.3 is 24.6 Å². The number of halogens is 1. The molecule has 0 bridgehead atoms. The van der Waals surface area contributed by atoms with E-state index >= 15 is 0 Å². The van der Waals surface area contributed by atoms with Crippen LogP contribution in [0.25, 0.3) is 5.76 Å². The van der Waals surface area contributed by atoms with E-state index in [9.17, 15) is 19.8 Å². The number of hydrogen-bond acceptors (Lipinski definition) is 6. The molecule has 2 N–H and O–H groups in total. The molecule has 3 rings (SSSR count). The van der Waals surface area contributed by atoms with Gasteiger partial charge in [0.2, 0.25) is 0 Å². The van der Waals surface area contributed by atoms with Crippen molar-refractivity contribution in [3.8, 4) is 11.5 Å². The number of hydrogen-bond donors (Lipinski definition) is 2. The largest absolute Gasteiger partial charge is 0.507 e. The predicted octanol–water partition coefficient (Wildman–Crippen LogP) is 3.82. The lowest BCUT2D eigenvalue weighted by molar-refractivity contribution is -0.140. The van der Waals surface area contributed by atoms with Gasteiger partial charge in [-0.3, -0.25) is 9.59 Å². The molecule has 0 aliphatic carbocycles. The number of benzene rings is 2. The maximum Gasteiger partial charge on any atom is 0.295 e. The molecular formula is C23H24ClNO6. The number of likely N-dealkylation sites (tertiary alicyclic amines) is 1. The molecule has 1 unspecified atom stereocenters. The standard InChI is InChI=1S/C23H24ClNO6/c1-4-31-18-8-6-15(11-13(18)2)21(27)19-20(14-5-7-17(26)16(24)12-14)25(9-10-30-3)23(29)22(19)28/h5-8,11-12,20,26-27H,4,9-10H2,1-3H3/b21-19-. The van der Waals surface area contributed by atoms with Crippen LogP contribution in [0.1, 0.15) is 29.7 Å². The highest BCUT2D eigenvalue weighted by Crippen LogP contribution is 2.41. The summed E-state index contributed by atoms with van der Waals surface area (Å²) in [6, 6.07) is 8.59. The lowest BCUT2D eigenvalue weighted by atomic mass is 9.94. The number of nitrogens with zero attached hydrogens (tertiary/aromatic N) is 1. The second-order valence-corrected chi connectivity index (χ2v) is 7.52. The summed E-state index contributed by atoms with van der Waals surface area (Å²) in [6.07, 6.45) is 0. The predicted molar refractivity (Wildman–Crippen MR) is 116 cm³/mol. The highest BCUT2D eigenvalue weighted by Gasteiger charge is 2.46. The lowest BCUT2D eigenvalue weighted by Gasteiger charge is -2.25. The average Bonchev–Trinajstić information content (AvgIpc) is 3.00. The number of aliphatic hydroxyl groups is 1. The fourth-order valence-corrected chi connectivity index (χ4v) is 3.80. The van der Waals surface area contributed by atoms with Crippen molar-refractivity contribution in [3.05, 3.63) is 63.7 Å². The van der Waals surface area contributed by atoms with Gasteiger partial charge in [-0.2, -0.15) is 0 Å². The van der Waals surface area contributed by atoms with Crippen molar-refractivity contribution >= 4 is 29.1 Å². The smallest absolute Gasteiger partial charge is 0.295 e. The Hall–Kier alpha value is -3.03. The minimum atomic E-state index is -0.875. The van der Waals surface area contributed by atoms with Crippen molar-refractivity contribution in [2.45, 2.75) is 19.9 Å². The molecule has 1 aliphatic rings. The average molecular weight is 446 g/mol. The molecule has 0 spiro atoms. The van der Waals surface area contributed by atoms with Gasteiger partial charge in [-0.05, 0) is 55.3 Å². The molecule has 164 valence electrons. The lowest BCUT2D eigenvalue weighted by Crippen LogP contribution is -2.32. The van der Waals surface area contributed by atoms with E-state index in [-0.39, 0.29) is 35.3 Å². The van der Waals surface area contributed by atoms with Gasteiger partial charge in [0.1, 0.15) is 17.3 Å². The number of amides is 1. The fraction of sp³-hybridized carbons (Fsp3) is 0.304. The number of ether oxygens (including phenoxy) is 2. The molecule has 1 heterocycles. The summed E-state index contributed by atoms with van der Waals surface area (Å²) in [7, 11) is 1.49. The number of aryl methyl sites for hydroxylation is 1. The van der Waals surface area contributed by atoms with Gasteiger partial charge in [-0.25, -0.2) is 0 Å². The van der Waals surface area contributed by atoms with E-state index in [0.717, 1.165) is 5.56 Å². The summed E-state index contributed by atoms with van der Waals surface area (Å²) >= 11 is 6.07. The first-order chi connectivity index (χ1) is 14.8.